The lowest BCUT2D eigenvalue weighted by Gasteiger charge is -2.17. The van der Waals surface area contributed by atoms with Crippen molar-refractivity contribution in [2.75, 3.05) is 19.0 Å². The van der Waals surface area contributed by atoms with E-state index in [0.717, 1.165) is 52.6 Å². The molecule has 3 heterocycles. The number of hydrogen-bond donors (Lipinski definition) is 2. The van der Waals surface area contributed by atoms with Gasteiger partial charge in [0, 0.05) is 35.4 Å². The predicted molar refractivity (Wildman–Crippen MR) is 130 cm³/mol. The third-order valence-corrected chi connectivity index (χ3v) is 7.15. The van der Waals surface area contributed by atoms with Crippen molar-refractivity contribution >= 4 is 27.4 Å². The highest BCUT2D eigenvalue weighted by molar-refractivity contribution is 7.19. The van der Waals surface area contributed by atoms with Crippen molar-refractivity contribution in [1.29, 1.82) is 0 Å². The molecule has 1 aliphatic carbocycles. The molecule has 6 nitrogen and oxygen atoms in total. The van der Waals surface area contributed by atoms with Crippen LogP contribution in [-0.2, 0) is 19.3 Å². The van der Waals surface area contributed by atoms with E-state index in [9.17, 15) is 0 Å². The lowest BCUT2D eigenvalue weighted by Crippen LogP contribution is -2.31. The Morgan fingerprint density at radius 1 is 1.09 bits per heavy atom. The van der Waals surface area contributed by atoms with Gasteiger partial charge in [-0.1, -0.05) is 18.2 Å². The number of benzene rings is 1. The standard InChI is InChI=1S/C25H27N5OS/c1-31-20-8-4-2-6-17(20)14-18(26)15-28-24-22-19-7-3-5-9-21(19)32-25(22)30-23(29-24)16-10-12-27-13-11-16/h2,4,6,8,10-13,18H,3,5,7,9,14-15,26H2,1H3,(H,28,29,30)/t18-/m0/s1. The highest BCUT2D eigenvalue weighted by Crippen LogP contribution is 2.39. The van der Waals surface area contributed by atoms with Crippen LogP contribution in [0.5, 0.6) is 5.75 Å². The number of nitrogens with one attached hydrogen (secondary N) is 1. The lowest BCUT2D eigenvalue weighted by atomic mass is 9.97. The Kier molecular flexibility index (Phi) is 6.01. The van der Waals surface area contributed by atoms with Crippen molar-refractivity contribution in [3.05, 3.63) is 64.8 Å². The van der Waals surface area contributed by atoms with E-state index in [-0.39, 0.29) is 6.04 Å². The zero-order chi connectivity index (χ0) is 21.9. The molecule has 0 bridgehead atoms. The molecule has 0 amide bonds. The molecule has 164 valence electrons. The summed E-state index contributed by atoms with van der Waals surface area (Å²) in [5, 5.41) is 4.74. The van der Waals surface area contributed by atoms with Crippen LogP contribution in [0.4, 0.5) is 5.82 Å². The Balaban J connectivity index is 1.45. The van der Waals surface area contributed by atoms with E-state index in [2.05, 4.69) is 16.4 Å². The highest BCUT2D eigenvalue weighted by atomic mass is 32.1. The summed E-state index contributed by atoms with van der Waals surface area (Å²) in [5.41, 5.74) is 10.0. The van der Waals surface area contributed by atoms with Gasteiger partial charge in [-0.3, -0.25) is 4.98 Å². The molecule has 1 atom stereocenters. The smallest absolute Gasteiger partial charge is 0.163 e. The second-order valence-electron chi connectivity index (χ2n) is 8.18. The number of fused-ring (bicyclic) bond motifs is 3. The maximum Gasteiger partial charge on any atom is 0.163 e. The molecule has 1 aromatic carbocycles. The number of rotatable bonds is 7. The van der Waals surface area contributed by atoms with Crippen LogP contribution >= 0.6 is 11.3 Å². The van der Waals surface area contributed by atoms with E-state index in [4.69, 9.17) is 20.4 Å². The van der Waals surface area contributed by atoms with Gasteiger partial charge < -0.3 is 15.8 Å². The Morgan fingerprint density at radius 3 is 2.75 bits per heavy atom. The van der Waals surface area contributed by atoms with Crippen molar-refractivity contribution in [3.8, 4) is 17.1 Å². The Bertz CT molecular complexity index is 1220. The van der Waals surface area contributed by atoms with E-state index in [0.29, 0.717) is 6.54 Å². The number of pyridine rings is 1. The second kappa shape index (κ2) is 9.22. The fourth-order valence-electron chi connectivity index (χ4n) is 4.37. The number of anilines is 1. The summed E-state index contributed by atoms with van der Waals surface area (Å²) in [6, 6.07) is 11.9. The molecule has 32 heavy (non-hydrogen) atoms. The topological polar surface area (TPSA) is 86.0 Å². The van der Waals surface area contributed by atoms with Crippen LogP contribution in [-0.4, -0.2) is 34.6 Å². The van der Waals surface area contributed by atoms with Gasteiger partial charge in [0.25, 0.3) is 0 Å². The van der Waals surface area contributed by atoms with Gasteiger partial charge in [0.2, 0.25) is 0 Å². The van der Waals surface area contributed by atoms with Crippen LogP contribution < -0.4 is 15.8 Å². The van der Waals surface area contributed by atoms with E-state index < -0.39 is 0 Å². The van der Waals surface area contributed by atoms with Gasteiger partial charge in [0.05, 0.1) is 12.5 Å². The second-order valence-corrected chi connectivity index (χ2v) is 9.26. The van der Waals surface area contributed by atoms with Gasteiger partial charge in [-0.25, -0.2) is 9.97 Å². The number of nitrogens with zero attached hydrogens (tertiary/aromatic N) is 3. The number of para-hydroxylation sites is 1. The lowest BCUT2D eigenvalue weighted by molar-refractivity contribution is 0.408. The largest absolute Gasteiger partial charge is 0.496 e. The maximum absolute atomic E-state index is 6.52. The molecule has 4 aromatic rings. The first kappa shape index (κ1) is 20.8. The third kappa shape index (κ3) is 4.18. The van der Waals surface area contributed by atoms with Crippen LogP contribution in [0.3, 0.4) is 0 Å². The van der Waals surface area contributed by atoms with Crippen molar-refractivity contribution in [2.24, 2.45) is 5.73 Å². The van der Waals surface area contributed by atoms with Gasteiger partial charge in [0.1, 0.15) is 16.4 Å². The zero-order valence-corrected chi connectivity index (χ0v) is 19.0. The number of ether oxygens (including phenoxy) is 1. The van der Waals surface area contributed by atoms with E-state index in [1.807, 2.05) is 41.7 Å². The molecule has 0 aliphatic heterocycles. The molecule has 7 heteroatoms. The fraction of sp³-hybridized carbons (Fsp3) is 0.320. The molecule has 1 aliphatic rings. The quantitative estimate of drug-likeness (QED) is 0.432. The number of aromatic nitrogens is 3. The summed E-state index contributed by atoms with van der Waals surface area (Å²) >= 11 is 1.81. The normalized spacial score (nSPS) is 14.2. The highest BCUT2D eigenvalue weighted by Gasteiger charge is 2.22. The summed E-state index contributed by atoms with van der Waals surface area (Å²) in [6.07, 6.45) is 8.97. The van der Waals surface area contributed by atoms with Crippen molar-refractivity contribution in [2.45, 2.75) is 38.1 Å². The number of aryl methyl sites for hydroxylation is 2. The summed E-state index contributed by atoms with van der Waals surface area (Å²) in [4.78, 5) is 16.5. The molecule has 0 spiro atoms. The first-order chi connectivity index (χ1) is 15.7. The minimum Gasteiger partial charge on any atom is -0.496 e. The van der Waals surface area contributed by atoms with Crippen LogP contribution in [0, 0.1) is 0 Å². The molecule has 0 unspecified atom stereocenters. The number of nitrogens with two attached hydrogens (primary N) is 1. The minimum atomic E-state index is -0.0739. The number of hydrogen-bond acceptors (Lipinski definition) is 7. The Morgan fingerprint density at radius 2 is 1.91 bits per heavy atom. The Labute approximate surface area is 191 Å². The Hall–Kier alpha value is -3.03. The molecule has 0 radical (unpaired) electrons. The minimum absolute atomic E-state index is 0.0739. The first-order valence-corrected chi connectivity index (χ1v) is 11.9. The van der Waals surface area contributed by atoms with Crippen LogP contribution in [0.15, 0.2) is 48.8 Å². The van der Waals surface area contributed by atoms with Crippen molar-refractivity contribution in [3.63, 3.8) is 0 Å². The molecule has 0 saturated carbocycles. The van der Waals surface area contributed by atoms with Gasteiger partial charge in [-0.05, 0) is 61.4 Å². The summed E-state index contributed by atoms with van der Waals surface area (Å²) in [6.45, 7) is 0.616. The SMILES string of the molecule is COc1ccccc1C[C@H](N)CNc1nc(-c2ccncc2)nc2sc3c(c12)CCCC3. The van der Waals surface area contributed by atoms with Crippen molar-refractivity contribution < 1.29 is 4.74 Å². The van der Waals surface area contributed by atoms with Gasteiger partial charge in [-0.15, -0.1) is 11.3 Å². The zero-order valence-electron chi connectivity index (χ0n) is 18.2. The average molecular weight is 446 g/mol. The van der Waals surface area contributed by atoms with Gasteiger partial charge >= 0.3 is 0 Å². The molecular weight excluding hydrogens is 418 g/mol. The summed E-state index contributed by atoms with van der Waals surface area (Å²) in [7, 11) is 1.70. The average Bonchev–Trinajstić information content (AvgIpc) is 3.22. The van der Waals surface area contributed by atoms with Crippen LogP contribution in [0.25, 0.3) is 21.6 Å². The third-order valence-electron chi connectivity index (χ3n) is 5.96. The van der Waals surface area contributed by atoms with Crippen LogP contribution in [0.2, 0.25) is 0 Å². The fourth-order valence-corrected chi connectivity index (χ4v) is 5.63. The predicted octanol–water partition coefficient (Wildman–Crippen LogP) is 4.62. The first-order valence-electron chi connectivity index (χ1n) is 11.1. The number of thiophene rings is 1. The maximum atomic E-state index is 6.52. The van der Waals surface area contributed by atoms with E-state index >= 15 is 0 Å². The molecule has 3 aromatic heterocycles. The molecule has 0 fully saturated rings. The monoisotopic (exact) mass is 445 g/mol. The molecule has 3 N–H and O–H groups in total. The summed E-state index contributed by atoms with van der Waals surface area (Å²) in [5.74, 6) is 2.48. The van der Waals surface area contributed by atoms with Gasteiger partial charge in [0.15, 0.2) is 5.82 Å². The van der Waals surface area contributed by atoms with E-state index in [1.165, 1.54) is 28.7 Å². The van der Waals surface area contributed by atoms with Crippen LogP contribution in [0.1, 0.15) is 28.8 Å². The van der Waals surface area contributed by atoms with Gasteiger partial charge in [-0.2, -0.15) is 0 Å². The molecule has 5 rings (SSSR count). The molecule has 0 saturated heterocycles. The molecular formula is C25H27N5OS. The number of methoxy groups -OCH3 is 1. The van der Waals surface area contributed by atoms with E-state index in [1.54, 1.807) is 19.5 Å². The van der Waals surface area contributed by atoms with Crippen molar-refractivity contribution in [1.82, 2.24) is 15.0 Å². The summed E-state index contributed by atoms with van der Waals surface area (Å²) < 4.78 is 5.48.